The predicted octanol–water partition coefficient (Wildman–Crippen LogP) is 2.78. The lowest BCUT2D eigenvalue weighted by Gasteiger charge is -2.24. The maximum atomic E-state index is 8.57. The zero-order valence-electron chi connectivity index (χ0n) is 7.71. The third-order valence-corrected chi connectivity index (χ3v) is 2.37. The molecule has 1 N–H and O–H groups in total. The smallest absolute Gasteiger partial charge is 0.117 e. The van der Waals surface area contributed by atoms with Crippen molar-refractivity contribution < 1.29 is 10.1 Å². The van der Waals surface area contributed by atoms with E-state index >= 15 is 0 Å². The molecule has 0 amide bonds. The van der Waals surface area contributed by atoms with Gasteiger partial charge in [0.2, 0.25) is 0 Å². The topological polar surface area (TPSA) is 29.5 Å². The fourth-order valence-corrected chi connectivity index (χ4v) is 1.42. The molecule has 0 bridgehead atoms. The third-order valence-electron chi connectivity index (χ3n) is 2.37. The van der Waals surface area contributed by atoms with Crippen LogP contribution in [0.25, 0.3) is 0 Å². The summed E-state index contributed by atoms with van der Waals surface area (Å²) in [5.41, 5.74) is 2.31. The minimum Gasteiger partial charge on any atom is -0.251 e. The van der Waals surface area contributed by atoms with Crippen molar-refractivity contribution in [3.05, 3.63) is 23.8 Å². The van der Waals surface area contributed by atoms with E-state index in [-0.39, 0.29) is 6.10 Å². The lowest BCUT2D eigenvalue weighted by molar-refractivity contribution is -0.269. The van der Waals surface area contributed by atoms with E-state index in [1.54, 1.807) is 0 Å². The second-order valence-corrected chi connectivity index (χ2v) is 3.59. The predicted molar refractivity (Wildman–Crippen MR) is 48.8 cm³/mol. The first-order valence-electron chi connectivity index (χ1n) is 4.32. The average Bonchev–Trinajstić information content (AvgIpc) is 2.05. The summed E-state index contributed by atoms with van der Waals surface area (Å²) in [7, 11) is 0. The van der Waals surface area contributed by atoms with Crippen LogP contribution in [0.5, 0.6) is 0 Å². The molecule has 68 valence electrons. The van der Waals surface area contributed by atoms with Crippen molar-refractivity contribution in [2.45, 2.75) is 32.8 Å². The highest BCUT2D eigenvalue weighted by atomic mass is 17.1. The number of hydrogen-bond donors (Lipinski definition) is 1. The van der Waals surface area contributed by atoms with Crippen molar-refractivity contribution in [2.24, 2.45) is 5.92 Å². The van der Waals surface area contributed by atoms with E-state index < -0.39 is 0 Å². The van der Waals surface area contributed by atoms with Gasteiger partial charge in [-0.15, -0.1) is 0 Å². The molecule has 1 unspecified atom stereocenters. The van der Waals surface area contributed by atoms with E-state index in [4.69, 9.17) is 5.26 Å². The monoisotopic (exact) mass is 168 g/mol. The van der Waals surface area contributed by atoms with Gasteiger partial charge in [0.05, 0.1) is 0 Å². The minimum atomic E-state index is -0.188. The number of rotatable bonds is 2. The van der Waals surface area contributed by atoms with Crippen LogP contribution in [-0.4, -0.2) is 11.4 Å². The number of allylic oxidation sites excluding steroid dienone is 1. The standard InChI is InChI=1S/C10H16O2/c1-7(2)9-5-4-8(3)10(6-9)12-11/h5,7,10-11H,3-4,6H2,1-2H3. The van der Waals surface area contributed by atoms with Gasteiger partial charge in [-0.05, 0) is 17.9 Å². The second kappa shape index (κ2) is 3.87. The molecule has 0 saturated heterocycles. The maximum absolute atomic E-state index is 8.57. The van der Waals surface area contributed by atoms with Gasteiger partial charge in [0, 0.05) is 6.42 Å². The minimum absolute atomic E-state index is 0.188. The van der Waals surface area contributed by atoms with Crippen molar-refractivity contribution in [1.82, 2.24) is 0 Å². The average molecular weight is 168 g/mol. The molecule has 1 aliphatic rings. The summed E-state index contributed by atoms with van der Waals surface area (Å²) >= 11 is 0. The zero-order chi connectivity index (χ0) is 9.14. The summed E-state index contributed by atoms with van der Waals surface area (Å²) in [5, 5.41) is 8.57. The fourth-order valence-electron chi connectivity index (χ4n) is 1.42. The van der Waals surface area contributed by atoms with E-state index in [2.05, 4.69) is 31.4 Å². The first kappa shape index (κ1) is 9.49. The highest BCUT2D eigenvalue weighted by Crippen LogP contribution is 2.28. The highest BCUT2D eigenvalue weighted by Gasteiger charge is 2.20. The van der Waals surface area contributed by atoms with Crippen molar-refractivity contribution in [3.63, 3.8) is 0 Å². The van der Waals surface area contributed by atoms with Gasteiger partial charge in [-0.2, -0.15) is 0 Å². The Balaban J connectivity index is 2.66. The van der Waals surface area contributed by atoms with Gasteiger partial charge >= 0.3 is 0 Å². The molecule has 0 aromatic heterocycles. The normalized spacial score (nSPS) is 24.5. The molecular formula is C10H16O2. The molecule has 0 radical (unpaired) electrons. The van der Waals surface area contributed by atoms with Gasteiger partial charge in [0.1, 0.15) is 6.10 Å². The second-order valence-electron chi connectivity index (χ2n) is 3.59. The van der Waals surface area contributed by atoms with Crippen LogP contribution < -0.4 is 0 Å². The largest absolute Gasteiger partial charge is 0.251 e. The molecule has 1 rings (SSSR count). The molecular weight excluding hydrogens is 152 g/mol. The van der Waals surface area contributed by atoms with Crippen molar-refractivity contribution in [3.8, 4) is 0 Å². The summed E-state index contributed by atoms with van der Waals surface area (Å²) in [6.07, 6.45) is 3.61. The molecule has 1 atom stereocenters. The molecule has 2 nitrogen and oxygen atoms in total. The molecule has 2 heteroatoms. The van der Waals surface area contributed by atoms with Crippen LogP contribution in [0.3, 0.4) is 0 Å². The number of hydrogen-bond acceptors (Lipinski definition) is 2. The van der Waals surface area contributed by atoms with Crippen LogP contribution in [0.4, 0.5) is 0 Å². The molecule has 1 aliphatic carbocycles. The van der Waals surface area contributed by atoms with Crippen molar-refractivity contribution in [1.29, 1.82) is 0 Å². The van der Waals surface area contributed by atoms with Crippen LogP contribution in [-0.2, 0) is 4.89 Å². The van der Waals surface area contributed by atoms with Gasteiger partial charge in [0.15, 0.2) is 0 Å². The van der Waals surface area contributed by atoms with Gasteiger partial charge < -0.3 is 0 Å². The summed E-state index contributed by atoms with van der Waals surface area (Å²) in [6, 6.07) is 0. The Morgan fingerprint density at radius 3 is 2.83 bits per heavy atom. The Labute approximate surface area is 73.5 Å². The van der Waals surface area contributed by atoms with Gasteiger partial charge in [0.25, 0.3) is 0 Å². The Bertz CT molecular complexity index is 204. The summed E-state index contributed by atoms with van der Waals surface area (Å²) in [4.78, 5) is 4.34. The molecule has 0 heterocycles. The molecule has 0 aliphatic heterocycles. The lowest BCUT2D eigenvalue weighted by Crippen LogP contribution is -2.19. The Morgan fingerprint density at radius 1 is 1.67 bits per heavy atom. The summed E-state index contributed by atoms with van der Waals surface area (Å²) < 4.78 is 0. The maximum Gasteiger partial charge on any atom is 0.117 e. The molecule has 0 fully saturated rings. The Kier molecular flexibility index (Phi) is 3.06. The van der Waals surface area contributed by atoms with Crippen LogP contribution in [0, 0.1) is 5.92 Å². The Hall–Kier alpha value is -0.600. The highest BCUT2D eigenvalue weighted by molar-refractivity contribution is 5.22. The van der Waals surface area contributed by atoms with Crippen LogP contribution in [0.1, 0.15) is 26.7 Å². The van der Waals surface area contributed by atoms with E-state index in [0.29, 0.717) is 5.92 Å². The van der Waals surface area contributed by atoms with E-state index in [9.17, 15) is 0 Å². The first-order valence-corrected chi connectivity index (χ1v) is 4.32. The van der Waals surface area contributed by atoms with Crippen molar-refractivity contribution >= 4 is 0 Å². The van der Waals surface area contributed by atoms with Gasteiger partial charge in [-0.25, -0.2) is 4.89 Å². The third kappa shape index (κ3) is 1.96. The molecule has 0 aromatic rings. The van der Waals surface area contributed by atoms with E-state index in [1.165, 1.54) is 5.57 Å². The first-order chi connectivity index (χ1) is 5.65. The molecule has 0 aromatic carbocycles. The molecule has 12 heavy (non-hydrogen) atoms. The quantitative estimate of drug-likeness (QED) is 0.390. The van der Waals surface area contributed by atoms with Crippen LogP contribution in [0.15, 0.2) is 23.8 Å². The lowest BCUT2D eigenvalue weighted by atomic mass is 9.87. The van der Waals surface area contributed by atoms with Crippen molar-refractivity contribution in [2.75, 3.05) is 0 Å². The zero-order valence-corrected chi connectivity index (χ0v) is 7.71. The summed E-state index contributed by atoms with van der Waals surface area (Å²) in [5.74, 6) is 0.538. The SMILES string of the molecule is C=C1CC=C(C(C)C)CC1OO. The van der Waals surface area contributed by atoms with Gasteiger partial charge in [-0.1, -0.05) is 32.1 Å². The van der Waals surface area contributed by atoms with Gasteiger partial charge in [-0.3, -0.25) is 5.26 Å². The molecule has 0 spiro atoms. The molecule has 0 saturated carbocycles. The van der Waals surface area contributed by atoms with E-state index in [0.717, 1.165) is 18.4 Å². The fraction of sp³-hybridized carbons (Fsp3) is 0.600. The van der Waals surface area contributed by atoms with Crippen LogP contribution in [0.2, 0.25) is 0 Å². The summed E-state index contributed by atoms with van der Waals surface area (Å²) in [6.45, 7) is 8.12. The Morgan fingerprint density at radius 2 is 2.33 bits per heavy atom. The van der Waals surface area contributed by atoms with E-state index in [1.807, 2.05) is 0 Å². The van der Waals surface area contributed by atoms with Crippen LogP contribution >= 0.6 is 0 Å².